The molecular weight excluding hydrogens is 368 g/mol. The molecule has 3 N–H and O–H groups in total. The molecule has 1 amide bonds. The predicted octanol–water partition coefficient (Wildman–Crippen LogP) is 0.576. The molecule has 4 unspecified atom stereocenters. The van der Waals surface area contributed by atoms with Crippen LogP contribution in [0.1, 0.15) is 31.2 Å². The Morgan fingerprint density at radius 2 is 2.04 bits per heavy atom. The molecule has 0 radical (unpaired) electrons. The summed E-state index contributed by atoms with van der Waals surface area (Å²) in [5.74, 6) is 0.768. The fourth-order valence-corrected chi connectivity index (χ4v) is 5.49. The standard InChI is InChI=1S/C15H24N4O4S.ClH/c1-8-14(10(3)23-17-8)24(21,22)18-9(2)15(20)19-6-11-4-5-13(16)12(11)7-19;/h9,11-13,18H,4-7,16H2,1-3H3;1H. The molecule has 1 saturated heterocycles. The first-order valence-electron chi connectivity index (χ1n) is 8.20. The van der Waals surface area contributed by atoms with Crippen molar-refractivity contribution in [1.82, 2.24) is 14.8 Å². The molecule has 1 aliphatic heterocycles. The van der Waals surface area contributed by atoms with Crippen LogP contribution in [0.25, 0.3) is 0 Å². The molecule has 1 aliphatic carbocycles. The number of carbonyl (C=O) groups is 1. The zero-order valence-electron chi connectivity index (χ0n) is 14.6. The summed E-state index contributed by atoms with van der Waals surface area (Å²) >= 11 is 0. The number of halogens is 1. The first-order valence-corrected chi connectivity index (χ1v) is 9.68. The van der Waals surface area contributed by atoms with Gasteiger partial charge in [0, 0.05) is 19.1 Å². The number of hydrogen-bond acceptors (Lipinski definition) is 6. The Balaban J connectivity index is 0.00000225. The fourth-order valence-electron chi connectivity index (χ4n) is 3.96. The van der Waals surface area contributed by atoms with Crippen LogP contribution in [0.15, 0.2) is 9.42 Å². The zero-order valence-corrected chi connectivity index (χ0v) is 16.2. The number of likely N-dealkylation sites (tertiary alicyclic amines) is 1. The Morgan fingerprint density at radius 1 is 1.36 bits per heavy atom. The minimum absolute atomic E-state index is 0. The second-order valence-electron chi connectivity index (χ2n) is 6.90. The summed E-state index contributed by atoms with van der Waals surface area (Å²) < 4.78 is 32.4. The van der Waals surface area contributed by atoms with E-state index in [9.17, 15) is 13.2 Å². The van der Waals surface area contributed by atoms with E-state index in [1.54, 1.807) is 18.7 Å². The summed E-state index contributed by atoms with van der Waals surface area (Å²) in [7, 11) is -3.86. The highest BCUT2D eigenvalue weighted by atomic mass is 35.5. The van der Waals surface area contributed by atoms with Crippen LogP contribution in [0.4, 0.5) is 0 Å². The lowest BCUT2D eigenvalue weighted by molar-refractivity contribution is -0.131. The summed E-state index contributed by atoms with van der Waals surface area (Å²) in [4.78, 5) is 14.4. The van der Waals surface area contributed by atoms with E-state index < -0.39 is 16.1 Å². The van der Waals surface area contributed by atoms with Crippen molar-refractivity contribution in [2.45, 2.75) is 50.6 Å². The molecule has 10 heteroatoms. The van der Waals surface area contributed by atoms with Gasteiger partial charge in [-0.3, -0.25) is 4.79 Å². The molecule has 2 heterocycles. The third-order valence-corrected chi connectivity index (χ3v) is 6.95. The van der Waals surface area contributed by atoms with E-state index in [1.165, 1.54) is 6.92 Å². The van der Waals surface area contributed by atoms with Crippen molar-refractivity contribution in [3.63, 3.8) is 0 Å². The highest BCUT2D eigenvalue weighted by molar-refractivity contribution is 7.89. The first-order chi connectivity index (χ1) is 11.2. The number of hydrogen-bond donors (Lipinski definition) is 2. The van der Waals surface area contributed by atoms with Crippen LogP contribution in [0.2, 0.25) is 0 Å². The van der Waals surface area contributed by atoms with Gasteiger partial charge in [-0.05, 0) is 45.4 Å². The quantitative estimate of drug-likeness (QED) is 0.773. The van der Waals surface area contributed by atoms with Gasteiger partial charge in [0.2, 0.25) is 15.9 Å². The number of carbonyl (C=O) groups excluding carboxylic acids is 1. The van der Waals surface area contributed by atoms with Crippen molar-refractivity contribution < 1.29 is 17.7 Å². The van der Waals surface area contributed by atoms with Gasteiger partial charge in [0.1, 0.15) is 10.6 Å². The Labute approximate surface area is 153 Å². The predicted molar refractivity (Wildman–Crippen MR) is 93.8 cm³/mol. The van der Waals surface area contributed by atoms with Crippen molar-refractivity contribution in [3.8, 4) is 0 Å². The smallest absolute Gasteiger partial charge is 0.246 e. The van der Waals surface area contributed by atoms with Crippen molar-refractivity contribution in [2.75, 3.05) is 13.1 Å². The lowest BCUT2D eigenvalue weighted by atomic mass is 9.98. The maximum atomic E-state index is 12.6. The van der Waals surface area contributed by atoms with Crippen LogP contribution in [0.3, 0.4) is 0 Å². The number of rotatable bonds is 4. The number of fused-ring (bicyclic) bond motifs is 1. The van der Waals surface area contributed by atoms with Gasteiger partial charge in [-0.1, -0.05) is 5.16 Å². The van der Waals surface area contributed by atoms with Crippen LogP contribution in [0, 0.1) is 25.7 Å². The molecule has 0 bridgehead atoms. The van der Waals surface area contributed by atoms with Gasteiger partial charge < -0.3 is 15.2 Å². The summed E-state index contributed by atoms with van der Waals surface area (Å²) in [6.45, 7) is 5.92. The summed E-state index contributed by atoms with van der Waals surface area (Å²) in [6, 6.07) is -0.708. The molecule has 2 fully saturated rings. The van der Waals surface area contributed by atoms with E-state index in [0.717, 1.165) is 12.8 Å². The van der Waals surface area contributed by atoms with Gasteiger partial charge in [-0.25, -0.2) is 8.42 Å². The van der Waals surface area contributed by atoms with Crippen LogP contribution >= 0.6 is 12.4 Å². The van der Waals surface area contributed by atoms with E-state index in [4.69, 9.17) is 10.3 Å². The van der Waals surface area contributed by atoms with Crippen LogP contribution in [-0.2, 0) is 14.8 Å². The number of aromatic nitrogens is 1. The molecule has 3 rings (SSSR count). The van der Waals surface area contributed by atoms with E-state index in [1.807, 2.05) is 0 Å². The van der Waals surface area contributed by atoms with Crippen LogP contribution in [-0.4, -0.2) is 49.6 Å². The van der Waals surface area contributed by atoms with Gasteiger partial charge in [0.05, 0.1) is 6.04 Å². The third kappa shape index (κ3) is 3.69. The normalized spacial score (nSPS) is 27.0. The monoisotopic (exact) mass is 392 g/mol. The Kier molecular flexibility index (Phi) is 5.82. The SMILES string of the molecule is Cc1noc(C)c1S(=O)(=O)NC(C)C(=O)N1CC2CCC(N)C2C1.Cl. The zero-order chi connectivity index (χ0) is 17.6. The number of aryl methyl sites for hydroxylation is 2. The number of sulfonamides is 1. The van der Waals surface area contributed by atoms with Crippen molar-refractivity contribution >= 4 is 28.3 Å². The minimum Gasteiger partial charge on any atom is -0.360 e. The number of nitrogens with two attached hydrogens (primary N) is 1. The summed E-state index contributed by atoms with van der Waals surface area (Å²) in [5, 5.41) is 3.66. The Hall–Kier alpha value is -1.16. The molecule has 1 aromatic heterocycles. The molecule has 1 saturated carbocycles. The maximum Gasteiger partial charge on any atom is 0.246 e. The van der Waals surface area contributed by atoms with Gasteiger partial charge in [0.25, 0.3) is 0 Å². The first kappa shape index (κ1) is 20.2. The summed E-state index contributed by atoms with van der Waals surface area (Å²) in [5.41, 5.74) is 6.37. The maximum absolute atomic E-state index is 12.6. The summed E-state index contributed by atoms with van der Waals surface area (Å²) in [6.07, 6.45) is 2.04. The Morgan fingerprint density at radius 3 is 2.60 bits per heavy atom. The van der Waals surface area contributed by atoms with Crippen LogP contribution in [0.5, 0.6) is 0 Å². The highest BCUT2D eigenvalue weighted by Crippen LogP contribution is 2.37. The molecular formula is C15H25ClN4O4S. The number of amides is 1. The average molecular weight is 393 g/mol. The molecule has 25 heavy (non-hydrogen) atoms. The van der Waals surface area contributed by atoms with Gasteiger partial charge in [-0.15, -0.1) is 12.4 Å². The molecule has 0 aromatic carbocycles. The molecule has 4 atom stereocenters. The van der Waals surface area contributed by atoms with Gasteiger partial charge in [0.15, 0.2) is 5.76 Å². The topological polar surface area (TPSA) is 119 Å². The average Bonchev–Trinajstić information content (AvgIpc) is 3.15. The Bertz CT molecular complexity index is 731. The molecule has 8 nitrogen and oxygen atoms in total. The minimum atomic E-state index is -3.86. The lowest BCUT2D eigenvalue weighted by Crippen LogP contribution is -2.46. The molecule has 0 spiro atoms. The number of nitrogens with zero attached hydrogens (tertiary/aromatic N) is 2. The van der Waals surface area contributed by atoms with E-state index in [-0.39, 0.29) is 40.7 Å². The third-order valence-electron chi connectivity index (χ3n) is 5.16. The van der Waals surface area contributed by atoms with Crippen molar-refractivity contribution in [2.24, 2.45) is 17.6 Å². The molecule has 2 aliphatic rings. The second-order valence-corrected chi connectivity index (χ2v) is 8.56. The fraction of sp³-hybridized carbons (Fsp3) is 0.733. The van der Waals surface area contributed by atoms with Crippen molar-refractivity contribution in [3.05, 3.63) is 11.5 Å². The van der Waals surface area contributed by atoms with E-state index in [2.05, 4.69) is 9.88 Å². The molecule has 1 aromatic rings. The number of nitrogens with one attached hydrogen (secondary N) is 1. The molecule has 142 valence electrons. The second kappa shape index (κ2) is 7.22. The lowest BCUT2D eigenvalue weighted by Gasteiger charge is -2.23. The van der Waals surface area contributed by atoms with Gasteiger partial charge in [-0.2, -0.15) is 4.72 Å². The van der Waals surface area contributed by atoms with E-state index >= 15 is 0 Å². The largest absolute Gasteiger partial charge is 0.360 e. The van der Waals surface area contributed by atoms with Crippen molar-refractivity contribution in [1.29, 1.82) is 0 Å². The van der Waals surface area contributed by atoms with Gasteiger partial charge >= 0.3 is 0 Å². The van der Waals surface area contributed by atoms with Crippen LogP contribution < -0.4 is 10.5 Å². The highest BCUT2D eigenvalue weighted by Gasteiger charge is 2.43. The van der Waals surface area contributed by atoms with E-state index in [0.29, 0.717) is 24.9 Å².